The lowest BCUT2D eigenvalue weighted by Crippen LogP contribution is -2.43. The quantitative estimate of drug-likeness (QED) is 0.506. The van der Waals surface area contributed by atoms with Crippen LogP contribution in [-0.2, 0) is 26.1 Å². The third-order valence-corrected chi connectivity index (χ3v) is 7.14. The molecule has 0 aliphatic carbocycles. The molecule has 2 N–H and O–H groups in total. The maximum atomic E-state index is 13.1. The minimum absolute atomic E-state index is 0.00473. The molecule has 9 nitrogen and oxygen atoms in total. The van der Waals surface area contributed by atoms with Crippen LogP contribution < -0.4 is 10.0 Å². The number of benzene rings is 1. The first-order valence-corrected chi connectivity index (χ1v) is 12.5. The minimum atomic E-state index is -3.82. The molecule has 10 heteroatoms. The Morgan fingerprint density at radius 1 is 1.21 bits per heavy atom. The number of aryl methyl sites for hydroxylation is 1. The molecule has 0 radical (unpaired) electrons. The van der Waals surface area contributed by atoms with Crippen molar-refractivity contribution in [2.24, 2.45) is 5.92 Å². The number of sulfonamides is 1. The van der Waals surface area contributed by atoms with Gasteiger partial charge in [-0.25, -0.2) is 13.1 Å². The number of hydrogen-bond donors (Lipinski definition) is 2. The highest BCUT2D eigenvalue weighted by Gasteiger charge is 2.29. The Kier molecular flexibility index (Phi) is 8.65. The number of hydrogen-bond acceptors (Lipinski definition) is 6. The Morgan fingerprint density at radius 2 is 1.97 bits per heavy atom. The first-order chi connectivity index (χ1) is 15.8. The summed E-state index contributed by atoms with van der Waals surface area (Å²) >= 11 is 0. The van der Waals surface area contributed by atoms with Gasteiger partial charge in [0, 0.05) is 44.8 Å². The molecule has 0 atom stereocenters. The second-order valence-electron chi connectivity index (χ2n) is 8.08. The summed E-state index contributed by atoms with van der Waals surface area (Å²) in [7, 11) is -2.19. The maximum Gasteiger partial charge on any atom is 0.254 e. The minimum Gasteiger partial charge on any atom is -0.468 e. The first kappa shape index (κ1) is 24.9. The monoisotopic (exact) mass is 477 g/mol. The number of piperidine rings is 1. The zero-order chi connectivity index (χ0) is 23.8. The molecular formula is C23H31N3O6S. The Morgan fingerprint density at radius 3 is 2.64 bits per heavy atom. The molecule has 0 unspecified atom stereocenters. The molecule has 33 heavy (non-hydrogen) atoms. The largest absolute Gasteiger partial charge is 0.468 e. The van der Waals surface area contributed by atoms with Gasteiger partial charge in [0.2, 0.25) is 15.9 Å². The molecule has 0 saturated carbocycles. The smallest absolute Gasteiger partial charge is 0.254 e. The van der Waals surface area contributed by atoms with Crippen molar-refractivity contribution in [2.75, 3.05) is 33.4 Å². The van der Waals surface area contributed by atoms with E-state index in [1.54, 1.807) is 37.1 Å². The van der Waals surface area contributed by atoms with Crippen LogP contribution in [0.4, 0.5) is 0 Å². The van der Waals surface area contributed by atoms with Gasteiger partial charge >= 0.3 is 0 Å². The van der Waals surface area contributed by atoms with E-state index in [9.17, 15) is 18.0 Å². The molecule has 1 saturated heterocycles. The molecule has 2 heterocycles. The predicted molar refractivity (Wildman–Crippen MR) is 122 cm³/mol. The van der Waals surface area contributed by atoms with E-state index >= 15 is 0 Å². The Bertz CT molecular complexity index is 1040. The molecule has 2 amide bonds. The average molecular weight is 478 g/mol. The van der Waals surface area contributed by atoms with Crippen LogP contribution in [-0.4, -0.2) is 58.5 Å². The van der Waals surface area contributed by atoms with E-state index in [4.69, 9.17) is 9.15 Å². The molecular weight excluding hydrogens is 446 g/mol. The fourth-order valence-corrected chi connectivity index (χ4v) is 4.77. The lowest BCUT2D eigenvalue weighted by atomic mass is 9.95. The van der Waals surface area contributed by atoms with E-state index in [0.717, 1.165) is 6.42 Å². The van der Waals surface area contributed by atoms with Crippen molar-refractivity contribution in [1.82, 2.24) is 14.9 Å². The van der Waals surface area contributed by atoms with Crippen molar-refractivity contribution in [3.63, 3.8) is 0 Å². The van der Waals surface area contributed by atoms with Crippen molar-refractivity contribution in [1.29, 1.82) is 0 Å². The van der Waals surface area contributed by atoms with Gasteiger partial charge in [-0.2, -0.15) is 0 Å². The van der Waals surface area contributed by atoms with Gasteiger partial charge in [0.25, 0.3) is 5.91 Å². The second kappa shape index (κ2) is 11.4. The highest BCUT2D eigenvalue weighted by atomic mass is 32.2. The summed E-state index contributed by atoms with van der Waals surface area (Å²) in [6.07, 6.45) is 3.38. The van der Waals surface area contributed by atoms with Gasteiger partial charge < -0.3 is 19.4 Å². The summed E-state index contributed by atoms with van der Waals surface area (Å²) in [4.78, 5) is 27.2. The Balaban J connectivity index is 1.60. The van der Waals surface area contributed by atoms with Crippen LogP contribution in [0.1, 0.15) is 40.9 Å². The molecule has 2 aromatic rings. The number of furan rings is 1. The SMILES string of the molecule is COCCCNC(=O)C1CCN(C(=O)c2cc(S(=O)(=O)NCc3ccco3)ccc2C)CC1. The number of nitrogens with one attached hydrogen (secondary N) is 2. The number of likely N-dealkylation sites (tertiary alicyclic amines) is 1. The average Bonchev–Trinajstić information content (AvgIpc) is 3.34. The summed E-state index contributed by atoms with van der Waals surface area (Å²) in [5.74, 6) is 0.141. The van der Waals surface area contributed by atoms with Crippen molar-refractivity contribution in [3.8, 4) is 0 Å². The van der Waals surface area contributed by atoms with Crippen LogP contribution >= 0.6 is 0 Å². The summed E-state index contributed by atoms with van der Waals surface area (Å²) in [5.41, 5.74) is 1.04. The highest BCUT2D eigenvalue weighted by Crippen LogP contribution is 2.22. The van der Waals surface area contributed by atoms with Gasteiger partial charge in [0.1, 0.15) is 5.76 Å². The topological polar surface area (TPSA) is 118 Å². The van der Waals surface area contributed by atoms with Gasteiger partial charge in [-0.05, 0) is 56.0 Å². The number of rotatable bonds is 10. The van der Waals surface area contributed by atoms with Gasteiger partial charge in [-0.15, -0.1) is 0 Å². The molecule has 0 bridgehead atoms. The standard InChI is InChI=1S/C23H31N3O6S/c1-17-6-7-20(33(29,30)25-16-19-5-3-14-32-19)15-21(17)23(28)26-11-8-18(9-12-26)22(27)24-10-4-13-31-2/h3,5-7,14-15,18,25H,4,8-13,16H2,1-2H3,(H,24,27). The third-order valence-electron chi connectivity index (χ3n) is 5.74. The van der Waals surface area contributed by atoms with Crippen molar-refractivity contribution >= 4 is 21.8 Å². The first-order valence-electron chi connectivity index (χ1n) is 11.0. The Hall–Kier alpha value is -2.69. The number of ether oxygens (including phenoxy) is 1. The van der Waals surface area contributed by atoms with Crippen LogP contribution in [0.15, 0.2) is 45.9 Å². The van der Waals surface area contributed by atoms with Crippen LogP contribution in [0.3, 0.4) is 0 Å². The maximum absolute atomic E-state index is 13.1. The lowest BCUT2D eigenvalue weighted by molar-refractivity contribution is -0.126. The molecule has 180 valence electrons. The third kappa shape index (κ3) is 6.66. The summed E-state index contributed by atoms with van der Waals surface area (Å²) in [6, 6.07) is 7.89. The van der Waals surface area contributed by atoms with Crippen LogP contribution in [0.25, 0.3) is 0 Å². The molecule has 1 aliphatic rings. The zero-order valence-electron chi connectivity index (χ0n) is 19.0. The Labute approximate surface area is 194 Å². The normalized spacial score (nSPS) is 14.9. The van der Waals surface area contributed by atoms with Gasteiger partial charge in [0.05, 0.1) is 17.7 Å². The fraction of sp³-hybridized carbons (Fsp3) is 0.478. The number of carbonyl (C=O) groups excluding carboxylic acids is 2. The lowest BCUT2D eigenvalue weighted by Gasteiger charge is -2.31. The van der Waals surface area contributed by atoms with E-state index in [2.05, 4.69) is 10.0 Å². The molecule has 1 aromatic heterocycles. The molecule has 1 aliphatic heterocycles. The van der Waals surface area contributed by atoms with Gasteiger partial charge in [-0.1, -0.05) is 6.07 Å². The summed E-state index contributed by atoms with van der Waals surface area (Å²) < 4.78 is 38.0. The number of methoxy groups -OCH3 is 1. The number of amides is 2. The van der Waals surface area contributed by atoms with E-state index in [1.165, 1.54) is 18.4 Å². The van der Waals surface area contributed by atoms with Crippen molar-refractivity contribution in [2.45, 2.75) is 37.6 Å². The molecule has 0 spiro atoms. The number of nitrogens with zero attached hydrogens (tertiary/aromatic N) is 1. The van der Waals surface area contributed by atoms with Crippen LogP contribution in [0.2, 0.25) is 0 Å². The fourth-order valence-electron chi connectivity index (χ4n) is 3.75. The van der Waals surface area contributed by atoms with Gasteiger partial charge in [-0.3, -0.25) is 9.59 Å². The van der Waals surface area contributed by atoms with E-state index < -0.39 is 10.0 Å². The zero-order valence-corrected chi connectivity index (χ0v) is 19.8. The number of carbonyl (C=O) groups is 2. The molecule has 1 fully saturated rings. The van der Waals surface area contributed by atoms with Crippen molar-refractivity contribution in [3.05, 3.63) is 53.5 Å². The highest BCUT2D eigenvalue weighted by molar-refractivity contribution is 7.89. The van der Waals surface area contributed by atoms with Gasteiger partial charge in [0.15, 0.2) is 0 Å². The van der Waals surface area contributed by atoms with E-state index in [-0.39, 0.29) is 29.2 Å². The van der Waals surface area contributed by atoms with Crippen LogP contribution in [0, 0.1) is 12.8 Å². The molecule has 1 aromatic carbocycles. The molecule has 3 rings (SSSR count). The summed E-state index contributed by atoms with van der Waals surface area (Å²) in [6.45, 7) is 3.86. The predicted octanol–water partition coefficient (Wildman–Crippen LogP) is 2.07. The second-order valence-corrected chi connectivity index (χ2v) is 9.85. The van der Waals surface area contributed by atoms with E-state index in [0.29, 0.717) is 56.0 Å². The summed E-state index contributed by atoms with van der Waals surface area (Å²) in [5, 5.41) is 2.92. The van der Waals surface area contributed by atoms with Crippen molar-refractivity contribution < 1.29 is 27.2 Å². The van der Waals surface area contributed by atoms with E-state index in [1.807, 2.05) is 0 Å². The van der Waals surface area contributed by atoms with Crippen LogP contribution in [0.5, 0.6) is 0 Å².